The van der Waals surface area contributed by atoms with Gasteiger partial charge in [0, 0.05) is 12.3 Å². The quantitative estimate of drug-likeness (QED) is 0.0159. The number of carbonyl (C=O) groups excluding carboxylic acids is 4. The van der Waals surface area contributed by atoms with Crippen molar-refractivity contribution in [3.63, 3.8) is 0 Å². The summed E-state index contributed by atoms with van der Waals surface area (Å²) in [4.78, 5) is 56.3. The molecule has 0 atom stereocenters. The number of benzene rings is 6. The van der Waals surface area contributed by atoms with Crippen LogP contribution < -0.4 is 28.4 Å². The Bertz CT molecular complexity index is 2750. The third-order valence-electron chi connectivity index (χ3n) is 13.8. The molecule has 0 amide bonds. The van der Waals surface area contributed by atoms with Gasteiger partial charge in [-0.05, 0) is 152 Å². The highest BCUT2D eigenvalue weighted by Gasteiger charge is 2.15. The molecule has 0 bridgehead atoms. The number of esters is 4. The summed E-state index contributed by atoms with van der Waals surface area (Å²) >= 11 is 0. The lowest BCUT2D eigenvalue weighted by molar-refractivity contribution is 0.0720. The van der Waals surface area contributed by atoms with Gasteiger partial charge in [-0.15, -0.1) is 0 Å². The van der Waals surface area contributed by atoms with Gasteiger partial charge in [0.15, 0.2) is 0 Å². The summed E-state index contributed by atoms with van der Waals surface area (Å²) in [6, 6.07) is 39.8. The van der Waals surface area contributed by atoms with Gasteiger partial charge >= 0.3 is 23.9 Å². The fourth-order valence-corrected chi connectivity index (χ4v) is 9.02. The predicted octanol–water partition coefficient (Wildman–Crippen LogP) is 18.5. The minimum absolute atomic E-state index is 0.273. The third-order valence-corrected chi connectivity index (χ3v) is 13.8. The van der Waals surface area contributed by atoms with Crippen LogP contribution in [-0.2, 0) is 0 Å². The van der Waals surface area contributed by atoms with Crippen molar-refractivity contribution in [3.8, 4) is 34.5 Å². The van der Waals surface area contributed by atoms with Crippen LogP contribution in [0.1, 0.15) is 215 Å². The number of nitrogens with zero attached hydrogens (tertiary/aromatic N) is 1. The van der Waals surface area contributed by atoms with E-state index in [1.807, 2.05) is 0 Å². The van der Waals surface area contributed by atoms with E-state index < -0.39 is 23.9 Å². The van der Waals surface area contributed by atoms with E-state index in [1.165, 1.54) is 153 Å². The first kappa shape index (κ1) is 61.7. The average Bonchev–Trinajstić information content (AvgIpc) is 3.48. The smallest absolute Gasteiger partial charge is 0.343 e. The molecule has 0 N–H and O–H groups in total. The van der Waals surface area contributed by atoms with Gasteiger partial charge in [0.2, 0.25) is 0 Å². The summed E-state index contributed by atoms with van der Waals surface area (Å²) in [5.41, 5.74) is 2.62. The van der Waals surface area contributed by atoms with Gasteiger partial charge < -0.3 is 28.4 Å². The van der Waals surface area contributed by atoms with E-state index >= 15 is 0 Å². The number of ether oxygens (including phenoxy) is 6. The molecule has 0 heterocycles. The van der Waals surface area contributed by atoms with Crippen LogP contribution >= 0.6 is 0 Å². The Kier molecular flexibility index (Phi) is 28.2. The molecule has 0 unspecified atom stereocenters. The van der Waals surface area contributed by atoms with Gasteiger partial charge in [0.25, 0.3) is 0 Å². The van der Waals surface area contributed by atoms with Crippen molar-refractivity contribution in [2.24, 2.45) is 4.99 Å². The van der Waals surface area contributed by atoms with Crippen molar-refractivity contribution in [1.29, 1.82) is 0 Å². The molecule has 0 saturated carbocycles. The topological polar surface area (TPSA) is 136 Å². The van der Waals surface area contributed by atoms with Crippen LogP contribution in [0.25, 0.3) is 0 Å². The Morgan fingerprint density at radius 2 is 0.613 bits per heavy atom. The van der Waals surface area contributed by atoms with E-state index in [9.17, 15) is 19.2 Å². The molecule has 0 aromatic heterocycles. The number of hydrogen-bond acceptors (Lipinski definition) is 11. The van der Waals surface area contributed by atoms with Crippen LogP contribution in [0.2, 0.25) is 0 Å². The van der Waals surface area contributed by atoms with Gasteiger partial charge in [0.1, 0.15) is 34.5 Å². The molecule has 424 valence electrons. The average molecular weight is 1090 g/mol. The fourth-order valence-electron chi connectivity index (χ4n) is 9.02. The molecule has 6 aromatic rings. The van der Waals surface area contributed by atoms with E-state index in [-0.39, 0.29) is 16.9 Å². The van der Waals surface area contributed by atoms with Crippen LogP contribution in [0, 0.1) is 0 Å². The molecule has 80 heavy (non-hydrogen) atoms. The maximum atomic E-state index is 13.1. The Morgan fingerprint density at radius 3 is 0.950 bits per heavy atom. The van der Waals surface area contributed by atoms with Crippen LogP contribution in [0.5, 0.6) is 34.5 Å². The zero-order valence-electron chi connectivity index (χ0n) is 47.3. The first-order valence-electron chi connectivity index (χ1n) is 29.5. The number of carbonyl (C=O) groups is 4. The molecular weight excluding hydrogens is 1000 g/mol. The molecule has 0 aliphatic heterocycles. The molecule has 0 radical (unpaired) electrons. The summed E-state index contributed by atoms with van der Waals surface area (Å²) in [7, 11) is 0. The lowest BCUT2D eigenvalue weighted by atomic mass is 10.1. The van der Waals surface area contributed by atoms with E-state index in [1.54, 1.807) is 128 Å². The molecule has 0 spiro atoms. The summed E-state index contributed by atoms with van der Waals surface area (Å²) in [6.07, 6.45) is 32.6. The molecule has 11 heteroatoms. The number of hydrogen-bond donors (Lipinski definition) is 0. The SMILES string of the molecule is CCCCCCCCCCCCCCOc1ccc(C(=O)Oc2ccc(C(=O)Oc3ccc(C=Nc4cccc(OC(=O)c5ccc(OC(=O)c6ccc(OCCCCCCCCCCCCCC)cc6)cc5)c4)cc3)cc2)cc1. The van der Waals surface area contributed by atoms with Crippen molar-refractivity contribution in [2.75, 3.05) is 13.2 Å². The molecule has 0 aliphatic carbocycles. The third kappa shape index (κ3) is 23.8. The van der Waals surface area contributed by atoms with Crippen LogP contribution in [-0.4, -0.2) is 43.3 Å². The van der Waals surface area contributed by atoms with Gasteiger partial charge in [0.05, 0.1) is 41.2 Å². The first-order valence-corrected chi connectivity index (χ1v) is 29.5. The second-order valence-corrected chi connectivity index (χ2v) is 20.5. The molecule has 0 saturated heterocycles. The molecule has 6 rings (SSSR count). The minimum atomic E-state index is -0.588. The second-order valence-electron chi connectivity index (χ2n) is 20.5. The van der Waals surface area contributed by atoms with E-state index in [0.29, 0.717) is 58.8 Å². The fraction of sp³-hybridized carbons (Fsp3) is 0.406. The molecule has 11 nitrogen and oxygen atoms in total. The van der Waals surface area contributed by atoms with Gasteiger partial charge in [-0.25, -0.2) is 19.2 Å². The van der Waals surface area contributed by atoms with Crippen molar-refractivity contribution in [2.45, 2.75) is 168 Å². The van der Waals surface area contributed by atoms with Crippen LogP contribution in [0.4, 0.5) is 5.69 Å². The van der Waals surface area contributed by atoms with Crippen LogP contribution in [0.15, 0.2) is 151 Å². The minimum Gasteiger partial charge on any atom is -0.494 e. The summed E-state index contributed by atoms with van der Waals surface area (Å²) in [6.45, 7) is 5.81. The largest absolute Gasteiger partial charge is 0.494 e. The summed E-state index contributed by atoms with van der Waals surface area (Å²) in [5.74, 6) is 0.441. The highest BCUT2D eigenvalue weighted by Crippen LogP contribution is 2.25. The van der Waals surface area contributed by atoms with Gasteiger partial charge in [-0.2, -0.15) is 0 Å². The highest BCUT2D eigenvalue weighted by molar-refractivity contribution is 5.94. The van der Waals surface area contributed by atoms with Crippen molar-refractivity contribution < 1.29 is 47.6 Å². The maximum absolute atomic E-state index is 13.1. The molecular formula is C69H83NO10. The van der Waals surface area contributed by atoms with Gasteiger partial charge in [-0.1, -0.05) is 161 Å². The Labute approximate surface area is 475 Å². The van der Waals surface area contributed by atoms with Crippen molar-refractivity contribution in [1.82, 2.24) is 0 Å². The predicted molar refractivity (Wildman–Crippen MR) is 319 cm³/mol. The molecule has 0 fully saturated rings. The van der Waals surface area contributed by atoms with E-state index in [0.717, 1.165) is 31.2 Å². The normalized spacial score (nSPS) is 11.1. The number of rotatable bonds is 38. The Balaban J connectivity index is 0.839. The van der Waals surface area contributed by atoms with Crippen molar-refractivity contribution in [3.05, 3.63) is 173 Å². The standard InChI is InChI=1S/C69H83NO10/c1-3-5-7-9-11-13-15-17-19-21-23-25-50-75-60-42-32-55(33-43-60)66(71)78-63-46-36-57(37-47-63)68(73)77-62-40-30-54(31-41-62)53-70-59-28-27-29-65(52-59)80-69(74)58-38-48-64(49-39-58)79-67(72)56-34-44-61(45-35-56)76-51-26-24-22-20-18-16-14-12-10-8-6-4-2/h27-49,52-53H,3-26,50-51H2,1-2H3. The highest BCUT2D eigenvalue weighted by atomic mass is 16.5. The molecule has 6 aromatic carbocycles. The number of aliphatic imine (C=N–C) groups is 1. The number of unbranched alkanes of at least 4 members (excludes halogenated alkanes) is 22. The summed E-state index contributed by atoms with van der Waals surface area (Å²) < 4.78 is 34.1. The van der Waals surface area contributed by atoms with E-state index in [2.05, 4.69) is 18.8 Å². The monoisotopic (exact) mass is 1090 g/mol. The maximum Gasteiger partial charge on any atom is 0.343 e. The Hall–Kier alpha value is -7.53. The summed E-state index contributed by atoms with van der Waals surface area (Å²) in [5, 5.41) is 0. The zero-order valence-corrected chi connectivity index (χ0v) is 47.3. The second kappa shape index (κ2) is 36.6. The van der Waals surface area contributed by atoms with E-state index in [4.69, 9.17) is 28.4 Å². The van der Waals surface area contributed by atoms with Gasteiger partial charge in [-0.3, -0.25) is 4.99 Å². The first-order chi connectivity index (χ1) is 39.3. The molecule has 0 aliphatic rings. The lowest BCUT2D eigenvalue weighted by Crippen LogP contribution is -2.10. The zero-order chi connectivity index (χ0) is 56.2. The van der Waals surface area contributed by atoms with Crippen molar-refractivity contribution >= 4 is 35.8 Å². The Morgan fingerprint density at radius 1 is 0.325 bits per heavy atom. The van der Waals surface area contributed by atoms with Crippen LogP contribution in [0.3, 0.4) is 0 Å². The lowest BCUT2D eigenvalue weighted by Gasteiger charge is -2.09.